The van der Waals surface area contributed by atoms with Crippen LogP contribution < -0.4 is 10.6 Å². The van der Waals surface area contributed by atoms with E-state index in [2.05, 4.69) is 20.8 Å². The number of halogens is 2. The van der Waals surface area contributed by atoms with Gasteiger partial charge in [-0.1, -0.05) is 35.5 Å². The van der Waals surface area contributed by atoms with E-state index in [1.165, 1.54) is 30.0 Å². The van der Waals surface area contributed by atoms with Crippen LogP contribution in [0.3, 0.4) is 0 Å². The average Bonchev–Trinajstić information content (AvgIpc) is 3.17. The maximum absolute atomic E-state index is 13.9. The maximum Gasteiger partial charge on any atom is 0.254 e. The monoisotopic (exact) mass is 461 g/mol. The minimum Gasteiger partial charge on any atom is -0.342 e. The van der Waals surface area contributed by atoms with Crippen LogP contribution >= 0.6 is 23.4 Å². The third kappa shape index (κ3) is 5.83. The molecule has 3 rings (SSSR count). The zero-order chi connectivity index (χ0) is 22.4. The van der Waals surface area contributed by atoms with Gasteiger partial charge in [-0.15, -0.1) is 10.2 Å². The lowest BCUT2D eigenvalue weighted by Crippen LogP contribution is -2.29. The summed E-state index contributed by atoms with van der Waals surface area (Å²) in [5.41, 5.74) is 0.613. The lowest BCUT2D eigenvalue weighted by molar-refractivity contribution is -0.113. The third-order valence-corrected chi connectivity index (χ3v) is 5.59. The molecule has 0 saturated heterocycles. The van der Waals surface area contributed by atoms with Crippen molar-refractivity contribution in [2.75, 3.05) is 11.1 Å². The van der Waals surface area contributed by atoms with E-state index in [9.17, 15) is 14.0 Å². The van der Waals surface area contributed by atoms with Crippen molar-refractivity contribution in [1.82, 2.24) is 20.1 Å². The second kappa shape index (κ2) is 10.4. The van der Waals surface area contributed by atoms with E-state index in [0.717, 1.165) is 0 Å². The lowest BCUT2D eigenvalue weighted by Gasteiger charge is -2.15. The minimum atomic E-state index is -0.591. The Kier molecular flexibility index (Phi) is 7.64. The van der Waals surface area contributed by atoms with Crippen LogP contribution in [-0.2, 0) is 11.3 Å². The average molecular weight is 462 g/mol. The number of hydrogen-bond acceptors (Lipinski definition) is 5. The van der Waals surface area contributed by atoms with Crippen LogP contribution in [0, 0.1) is 5.82 Å². The molecule has 162 valence electrons. The van der Waals surface area contributed by atoms with Crippen molar-refractivity contribution >= 4 is 40.9 Å². The highest BCUT2D eigenvalue weighted by Crippen LogP contribution is 2.22. The zero-order valence-corrected chi connectivity index (χ0v) is 18.5. The Balaban J connectivity index is 1.63. The Morgan fingerprint density at radius 3 is 2.55 bits per heavy atom. The Hall–Kier alpha value is -2.91. The summed E-state index contributed by atoms with van der Waals surface area (Å²) in [6, 6.07) is 12.1. The fourth-order valence-electron chi connectivity index (χ4n) is 2.87. The van der Waals surface area contributed by atoms with Gasteiger partial charge in [0.05, 0.1) is 17.4 Å². The highest BCUT2D eigenvalue weighted by molar-refractivity contribution is 7.99. The Bertz CT molecular complexity index is 1070. The molecule has 2 N–H and O–H groups in total. The lowest BCUT2D eigenvalue weighted by atomic mass is 10.2. The van der Waals surface area contributed by atoms with Gasteiger partial charge < -0.3 is 15.2 Å². The van der Waals surface area contributed by atoms with Gasteiger partial charge in [0.2, 0.25) is 5.91 Å². The molecule has 2 aromatic carbocycles. The van der Waals surface area contributed by atoms with Crippen LogP contribution in [0.2, 0.25) is 5.02 Å². The fourth-order valence-corrected chi connectivity index (χ4v) is 3.80. The molecule has 0 aliphatic rings. The van der Waals surface area contributed by atoms with E-state index in [4.69, 9.17) is 11.6 Å². The first-order chi connectivity index (χ1) is 14.9. The molecule has 31 heavy (non-hydrogen) atoms. The molecular formula is C21H21ClFN5O2S. The topological polar surface area (TPSA) is 88.9 Å². The van der Waals surface area contributed by atoms with E-state index in [1.807, 2.05) is 11.5 Å². The van der Waals surface area contributed by atoms with Gasteiger partial charge in [-0.3, -0.25) is 9.59 Å². The summed E-state index contributed by atoms with van der Waals surface area (Å²) in [6.07, 6.45) is 0. The van der Waals surface area contributed by atoms with Crippen molar-refractivity contribution in [2.24, 2.45) is 0 Å². The number of nitrogens with one attached hydrogen (secondary N) is 2. The van der Waals surface area contributed by atoms with Gasteiger partial charge in [0.15, 0.2) is 11.0 Å². The minimum absolute atomic E-state index is 0.0367. The molecule has 3 aromatic rings. The van der Waals surface area contributed by atoms with Crippen molar-refractivity contribution < 1.29 is 14.0 Å². The molecule has 0 saturated carbocycles. The van der Waals surface area contributed by atoms with Crippen molar-refractivity contribution in [3.63, 3.8) is 0 Å². The molecular weight excluding hydrogens is 441 g/mol. The van der Waals surface area contributed by atoms with Gasteiger partial charge in [-0.2, -0.15) is 0 Å². The summed E-state index contributed by atoms with van der Waals surface area (Å²) in [5, 5.41) is 15.0. The number of benzene rings is 2. The van der Waals surface area contributed by atoms with Crippen LogP contribution in [0.4, 0.5) is 10.1 Å². The summed E-state index contributed by atoms with van der Waals surface area (Å²) in [5.74, 6) is -0.662. The number of aromatic nitrogens is 3. The number of carbonyl (C=O) groups is 2. The standard InChI is InChI=1S/C21H21ClFN5O2S/c1-3-28-19(13(2)24-20(30)16-6-4-5-7-17(16)23)26-27-21(28)31-12-18(29)25-15-10-8-14(22)9-11-15/h4-11,13H,3,12H2,1-2H3,(H,24,30)(H,25,29)/t13-/m0/s1. The van der Waals surface area contributed by atoms with Gasteiger partial charge in [-0.05, 0) is 50.2 Å². The van der Waals surface area contributed by atoms with E-state index in [-0.39, 0.29) is 17.2 Å². The Morgan fingerprint density at radius 1 is 1.16 bits per heavy atom. The third-order valence-electron chi connectivity index (χ3n) is 4.38. The van der Waals surface area contributed by atoms with Gasteiger partial charge in [0.1, 0.15) is 5.82 Å². The fraction of sp³-hybridized carbons (Fsp3) is 0.238. The molecule has 1 aromatic heterocycles. The quantitative estimate of drug-likeness (QED) is 0.488. The van der Waals surface area contributed by atoms with Crippen molar-refractivity contribution in [1.29, 1.82) is 0 Å². The van der Waals surface area contributed by atoms with Crippen molar-refractivity contribution in [2.45, 2.75) is 31.6 Å². The van der Waals surface area contributed by atoms with Gasteiger partial charge in [-0.25, -0.2) is 4.39 Å². The predicted molar refractivity (Wildman–Crippen MR) is 119 cm³/mol. The van der Waals surface area contributed by atoms with Gasteiger partial charge in [0.25, 0.3) is 5.91 Å². The van der Waals surface area contributed by atoms with Crippen LogP contribution in [0.25, 0.3) is 0 Å². The molecule has 0 radical (unpaired) electrons. The molecule has 0 aliphatic heterocycles. The molecule has 1 heterocycles. The van der Waals surface area contributed by atoms with Gasteiger partial charge in [0, 0.05) is 17.3 Å². The summed E-state index contributed by atoms with van der Waals surface area (Å²) >= 11 is 7.08. The molecule has 1 atom stereocenters. The van der Waals surface area contributed by atoms with Crippen LogP contribution in [-0.4, -0.2) is 32.3 Å². The summed E-state index contributed by atoms with van der Waals surface area (Å²) in [4.78, 5) is 24.6. The van der Waals surface area contributed by atoms with Crippen LogP contribution in [0.1, 0.15) is 36.1 Å². The predicted octanol–water partition coefficient (Wildman–Crippen LogP) is 4.31. The number of carbonyl (C=O) groups excluding carboxylic acids is 2. The van der Waals surface area contributed by atoms with E-state index < -0.39 is 17.8 Å². The molecule has 10 heteroatoms. The summed E-state index contributed by atoms with van der Waals surface area (Å²) in [7, 11) is 0. The zero-order valence-electron chi connectivity index (χ0n) is 16.9. The maximum atomic E-state index is 13.9. The first kappa shape index (κ1) is 22.8. The smallest absolute Gasteiger partial charge is 0.254 e. The highest BCUT2D eigenvalue weighted by atomic mass is 35.5. The molecule has 0 fully saturated rings. The first-order valence-corrected chi connectivity index (χ1v) is 10.9. The molecule has 2 amide bonds. The number of amides is 2. The van der Waals surface area contributed by atoms with E-state index in [0.29, 0.717) is 28.2 Å². The van der Waals surface area contributed by atoms with Gasteiger partial charge >= 0.3 is 0 Å². The van der Waals surface area contributed by atoms with Crippen LogP contribution in [0.15, 0.2) is 53.7 Å². The van der Waals surface area contributed by atoms with Crippen molar-refractivity contribution in [3.05, 3.63) is 70.8 Å². The molecule has 7 nitrogen and oxygen atoms in total. The van der Waals surface area contributed by atoms with Crippen molar-refractivity contribution in [3.8, 4) is 0 Å². The number of rotatable bonds is 8. The highest BCUT2D eigenvalue weighted by Gasteiger charge is 2.21. The second-order valence-electron chi connectivity index (χ2n) is 6.60. The molecule has 0 unspecified atom stereocenters. The molecule has 0 bridgehead atoms. The largest absolute Gasteiger partial charge is 0.342 e. The van der Waals surface area contributed by atoms with E-state index in [1.54, 1.807) is 37.3 Å². The number of nitrogens with zero attached hydrogens (tertiary/aromatic N) is 3. The first-order valence-electron chi connectivity index (χ1n) is 9.55. The second-order valence-corrected chi connectivity index (χ2v) is 7.98. The van der Waals surface area contributed by atoms with E-state index >= 15 is 0 Å². The van der Waals surface area contributed by atoms with Crippen LogP contribution in [0.5, 0.6) is 0 Å². The summed E-state index contributed by atoms with van der Waals surface area (Å²) < 4.78 is 15.7. The number of hydrogen-bond donors (Lipinski definition) is 2. The number of thioether (sulfide) groups is 1. The SMILES string of the molecule is CCn1c(SCC(=O)Nc2ccc(Cl)cc2)nnc1[C@H](C)NC(=O)c1ccccc1F. The molecule has 0 aliphatic carbocycles. The number of anilines is 1. The molecule has 0 spiro atoms. The Morgan fingerprint density at radius 2 is 1.87 bits per heavy atom. The Labute approximate surface area is 188 Å². The summed E-state index contributed by atoms with van der Waals surface area (Å²) in [6.45, 7) is 4.20. The normalized spacial score (nSPS) is 11.7.